The second-order valence-electron chi connectivity index (χ2n) is 5.34. The van der Waals surface area contributed by atoms with Crippen molar-refractivity contribution in [2.75, 3.05) is 11.4 Å². The van der Waals surface area contributed by atoms with Crippen LogP contribution < -0.4 is 4.31 Å². The first-order valence-electron chi connectivity index (χ1n) is 7.03. The topological polar surface area (TPSA) is 66.1 Å². The van der Waals surface area contributed by atoms with Crippen LogP contribution in [0.4, 0.5) is 5.69 Å². The number of fused-ring (bicyclic) bond motifs is 1. The first-order chi connectivity index (χ1) is 10.9. The molecule has 0 spiro atoms. The van der Waals surface area contributed by atoms with Crippen LogP contribution in [0.15, 0.2) is 42.5 Å². The van der Waals surface area contributed by atoms with E-state index >= 15 is 0 Å². The van der Waals surface area contributed by atoms with Crippen molar-refractivity contribution in [2.24, 2.45) is 0 Å². The van der Waals surface area contributed by atoms with Gasteiger partial charge in [0.05, 0.1) is 22.5 Å². The molecule has 0 saturated heterocycles. The number of aryl methyl sites for hydroxylation is 1. The van der Waals surface area contributed by atoms with Gasteiger partial charge in [0.15, 0.2) is 0 Å². The van der Waals surface area contributed by atoms with Crippen molar-refractivity contribution in [3.05, 3.63) is 58.9 Å². The Kier molecular flexibility index (Phi) is 4.04. The summed E-state index contributed by atoms with van der Waals surface area (Å²) in [7, 11) is -2.00. The number of halogens is 1. The molecule has 0 unspecified atom stereocenters. The molecule has 0 aliphatic rings. The van der Waals surface area contributed by atoms with E-state index in [1.54, 1.807) is 42.5 Å². The van der Waals surface area contributed by atoms with Crippen LogP contribution in [0.5, 0.6) is 0 Å². The van der Waals surface area contributed by atoms with Gasteiger partial charge in [-0.15, -0.1) is 0 Å². The number of sulfonamides is 1. The highest BCUT2D eigenvalue weighted by Crippen LogP contribution is 2.25. The zero-order valence-electron chi connectivity index (χ0n) is 12.7. The molecule has 0 amide bonds. The van der Waals surface area contributed by atoms with Crippen molar-refractivity contribution in [1.29, 1.82) is 0 Å². The Hall–Kier alpha value is -2.05. The van der Waals surface area contributed by atoms with Gasteiger partial charge in [-0.25, -0.2) is 13.4 Å². The van der Waals surface area contributed by atoms with Gasteiger partial charge < -0.3 is 4.98 Å². The minimum absolute atomic E-state index is 0.150. The molecule has 3 aromatic rings. The number of aromatic amines is 1. The number of hydrogen-bond donors (Lipinski definition) is 1. The lowest BCUT2D eigenvalue weighted by Gasteiger charge is -2.20. The summed E-state index contributed by atoms with van der Waals surface area (Å²) >= 11 is 6.07. The summed E-state index contributed by atoms with van der Waals surface area (Å²) in [6.07, 6.45) is 0. The van der Waals surface area contributed by atoms with Gasteiger partial charge in [-0.05, 0) is 36.8 Å². The van der Waals surface area contributed by atoms with Gasteiger partial charge >= 0.3 is 0 Å². The minimum Gasteiger partial charge on any atom is -0.342 e. The molecule has 3 rings (SSSR count). The minimum atomic E-state index is -3.54. The third-order valence-corrected chi connectivity index (χ3v) is 5.75. The van der Waals surface area contributed by atoms with Crippen LogP contribution in [0.25, 0.3) is 11.0 Å². The molecule has 0 bridgehead atoms. The number of nitrogens with one attached hydrogen (secondary N) is 1. The molecule has 1 aromatic heterocycles. The third kappa shape index (κ3) is 3.18. The van der Waals surface area contributed by atoms with Crippen LogP contribution in [-0.4, -0.2) is 25.4 Å². The highest BCUT2D eigenvalue weighted by molar-refractivity contribution is 7.92. The average molecular weight is 350 g/mol. The van der Waals surface area contributed by atoms with Gasteiger partial charge in [0.2, 0.25) is 10.0 Å². The Morgan fingerprint density at radius 1 is 1.22 bits per heavy atom. The molecule has 0 saturated carbocycles. The largest absolute Gasteiger partial charge is 0.342 e. The van der Waals surface area contributed by atoms with Crippen LogP contribution in [0.1, 0.15) is 11.4 Å². The average Bonchev–Trinajstić information content (AvgIpc) is 2.87. The molecular weight excluding hydrogens is 334 g/mol. The van der Waals surface area contributed by atoms with Crippen molar-refractivity contribution >= 4 is 38.3 Å². The van der Waals surface area contributed by atoms with Crippen LogP contribution in [-0.2, 0) is 15.8 Å². The number of hydrogen-bond acceptors (Lipinski definition) is 3. The number of nitrogens with zero attached hydrogens (tertiary/aromatic N) is 2. The molecule has 0 atom stereocenters. The Morgan fingerprint density at radius 2 is 1.96 bits per heavy atom. The maximum atomic E-state index is 12.6. The first-order valence-corrected chi connectivity index (χ1v) is 9.02. The van der Waals surface area contributed by atoms with E-state index in [-0.39, 0.29) is 5.75 Å². The number of benzene rings is 2. The van der Waals surface area contributed by atoms with Gasteiger partial charge in [-0.2, -0.15) is 0 Å². The van der Waals surface area contributed by atoms with Gasteiger partial charge in [0.1, 0.15) is 5.82 Å². The molecular formula is C16H16ClN3O2S. The van der Waals surface area contributed by atoms with Gasteiger partial charge in [0, 0.05) is 12.1 Å². The van der Waals surface area contributed by atoms with Crippen LogP contribution in [0, 0.1) is 6.92 Å². The van der Waals surface area contributed by atoms with E-state index in [9.17, 15) is 8.42 Å². The lowest BCUT2D eigenvalue weighted by atomic mass is 10.2. The Morgan fingerprint density at radius 3 is 2.70 bits per heavy atom. The van der Waals surface area contributed by atoms with E-state index in [0.717, 1.165) is 16.9 Å². The summed E-state index contributed by atoms with van der Waals surface area (Å²) in [5, 5.41) is 0.448. The second-order valence-corrected chi connectivity index (χ2v) is 7.75. The van der Waals surface area contributed by atoms with E-state index in [4.69, 9.17) is 11.6 Å². The third-order valence-electron chi connectivity index (χ3n) is 3.66. The Balaban J connectivity index is 1.93. The number of H-pyrrole nitrogens is 1. The molecule has 5 nitrogen and oxygen atoms in total. The van der Waals surface area contributed by atoms with E-state index in [0.29, 0.717) is 16.3 Å². The zero-order valence-corrected chi connectivity index (χ0v) is 14.3. The van der Waals surface area contributed by atoms with Crippen LogP contribution >= 0.6 is 11.6 Å². The number of imidazole rings is 1. The molecule has 2 aromatic carbocycles. The zero-order chi connectivity index (χ0) is 16.6. The molecule has 0 fully saturated rings. The lowest BCUT2D eigenvalue weighted by molar-refractivity contribution is 0.593. The summed E-state index contributed by atoms with van der Waals surface area (Å²) in [5.74, 6) is 0.641. The van der Waals surface area contributed by atoms with E-state index < -0.39 is 10.0 Å². The van der Waals surface area contributed by atoms with Crippen LogP contribution in [0.3, 0.4) is 0 Å². The lowest BCUT2D eigenvalue weighted by Crippen LogP contribution is -2.27. The SMILES string of the molecule is Cc1nc2ccc(N(C)S(=O)(=O)Cc3ccccc3Cl)cc2[nH]1. The van der Waals surface area contributed by atoms with Gasteiger partial charge in [-0.1, -0.05) is 29.8 Å². The molecule has 1 heterocycles. The predicted molar refractivity (Wildman–Crippen MR) is 93.3 cm³/mol. The normalized spacial score (nSPS) is 11.8. The highest BCUT2D eigenvalue weighted by atomic mass is 35.5. The molecule has 120 valence electrons. The first kappa shape index (κ1) is 15.8. The number of anilines is 1. The second kappa shape index (κ2) is 5.86. The summed E-state index contributed by atoms with van der Waals surface area (Å²) in [6.45, 7) is 1.86. The fraction of sp³-hybridized carbons (Fsp3) is 0.188. The summed E-state index contributed by atoms with van der Waals surface area (Å²) in [5.41, 5.74) is 2.77. The fourth-order valence-electron chi connectivity index (χ4n) is 2.39. The molecule has 1 N–H and O–H groups in total. The predicted octanol–water partition coefficient (Wildman–Crippen LogP) is 3.49. The standard InChI is InChI=1S/C16H16ClN3O2S/c1-11-18-15-8-7-13(9-16(15)19-11)20(2)23(21,22)10-12-5-3-4-6-14(12)17/h3-9H,10H2,1-2H3,(H,18,19). The van der Waals surface area contributed by atoms with Crippen molar-refractivity contribution < 1.29 is 8.42 Å². The number of aromatic nitrogens is 2. The maximum absolute atomic E-state index is 12.6. The van der Waals surface area contributed by atoms with Crippen molar-refractivity contribution in [3.63, 3.8) is 0 Å². The maximum Gasteiger partial charge on any atom is 0.239 e. The Bertz CT molecular complexity index is 966. The van der Waals surface area contributed by atoms with E-state index in [1.165, 1.54) is 11.4 Å². The number of rotatable bonds is 4. The molecule has 7 heteroatoms. The van der Waals surface area contributed by atoms with Crippen molar-refractivity contribution in [1.82, 2.24) is 9.97 Å². The van der Waals surface area contributed by atoms with Crippen LogP contribution in [0.2, 0.25) is 5.02 Å². The highest BCUT2D eigenvalue weighted by Gasteiger charge is 2.21. The van der Waals surface area contributed by atoms with E-state index in [2.05, 4.69) is 9.97 Å². The van der Waals surface area contributed by atoms with E-state index in [1.807, 2.05) is 6.92 Å². The molecule has 0 aliphatic heterocycles. The monoisotopic (exact) mass is 349 g/mol. The fourth-order valence-corrected chi connectivity index (χ4v) is 3.95. The Labute approximate surface area is 140 Å². The van der Waals surface area contributed by atoms with Gasteiger partial charge in [-0.3, -0.25) is 4.31 Å². The molecule has 0 aliphatic carbocycles. The summed E-state index contributed by atoms with van der Waals surface area (Å²) < 4.78 is 26.5. The van der Waals surface area contributed by atoms with Gasteiger partial charge in [0.25, 0.3) is 0 Å². The van der Waals surface area contributed by atoms with Crippen molar-refractivity contribution in [2.45, 2.75) is 12.7 Å². The molecule has 23 heavy (non-hydrogen) atoms. The quantitative estimate of drug-likeness (QED) is 0.784. The molecule has 0 radical (unpaired) electrons. The summed E-state index contributed by atoms with van der Waals surface area (Å²) in [4.78, 5) is 7.42. The van der Waals surface area contributed by atoms with Crippen molar-refractivity contribution in [3.8, 4) is 0 Å². The summed E-state index contributed by atoms with van der Waals surface area (Å²) in [6, 6.07) is 12.3. The smallest absolute Gasteiger partial charge is 0.239 e.